The summed E-state index contributed by atoms with van der Waals surface area (Å²) in [7, 11) is 1.81. The van der Waals surface area contributed by atoms with Crippen molar-refractivity contribution in [2.45, 2.75) is 50.2 Å². The van der Waals surface area contributed by atoms with Crippen LogP contribution in [0.15, 0.2) is 0 Å². The van der Waals surface area contributed by atoms with E-state index in [1.807, 2.05) is 7.11 Å². The molecule has 2 fully saturated rings. The second-order valence-electron chi connectivity index (χ2n) is 5.13. The molecule has 1 aliphatic heterocycles. The van der Waals surface area contributed by atoms with Gasteiger partial charge in [0.2, 0.25) is 0 Å². The van der Waals surface area contributed by atoms with Crippen LogP contribution < -0.4 is 11.3 Å². The average molecular weight is 228 g/mol. The van der Waals surface area contributed by atoms with Crippen molar-refractivity contribution in [3.05, 3.63) is 0 Å². The first-order valence-corrected chi connectivity index (χ1v) is 6.40. The van der Waals surface area contributed by atoms with Crippen LogP contribution in [0.1, 0.15) is 38.5 Å². The number of hydrogen-bond acceptors (Lipinski definition) is 4. The van der Waals surface area contributed by atoms with Gasteiger partial charge in [0.05, 0.1) is 11.6 Å². The number of methoxy groups -OCH3 is 1. The highest BCUT2D eigenvalue weighted by Gasteiger charge is 2.44. The fraction of sp³-hybridized carbons (Fsp3) is 1.00. The Hall–Kier alpha value is -0.160. The van der Waals surface area contributed by atoms with Crippen LogP contribution in [0.3, 0.4) is 0 Å². The van der Waals surface area contributed by atoms with E-state index in [1.165, 1.54) is 6.42 Å². The van der Waals surface area contributed by atoms with Crippen molar-refractivity contribution in [1.29, 1.82) is 0 Å². The lowest BCUT2D eigenvalue weighted by atomic mass is 9.71. The molecule has 94 valence electrons. The maximum atomic E-state index is 5.70. The topological polar surface area (TPSA) is 56.5 Å². The van der Waals surface area contributed by atoms with E-state index < -0.39 is 0 Å². The summed E-state index contributed by atoms with van der Waals surface area (Å²) in [5.74, 6) is 6.44. The fourth-order valence-corrected chi connectivity index (χ4v) is 2.97. The van der Waals surface area contributed by atoms with Crippen molar-refractivity contribution >= 4 is 0 Å². The predicted octanol–water partition coefficient (Wildman–Crippen LogP) is 1.20. The summed E-state index contributed by atoms with van der Waals surface area (Å²) in [6.45, 7) is 1.81. The van der Waals surface area contributed by atoms with Gasteiger partial charge in [0, 0.05) is 20.3 Å². The summed E-state index contributed by atoms with van der Waals surface area (Å²) in [6, 6.07) is 0.300. The molecule has 0 radical (unpaired) electrons. The highest BCUT2D eigenvalue weighted by Crippen LogP contribution is 2.40. The third-order valence-electron chi connectivity index (χ3n) is 4.35. The predicted molar refractivity (Wildman–Crippen MR) is 62.9 cm³/mol. The summed E-state index contributed by atoms with van der Waals surface area (Å²) in [5.41, 5.74) is 2.98. The molecule has 4 heteroatoms. The molecule has 0 aromatic carbocycles. The molecule has 1 heterocycles. The van der Waals surface area contributed by atoms with Gasteiger partial charge in [-0.15, -0.1) is 0 Å². The van der Waals surface area contributed by atoms with Crippen molar-refractivity contribution < 1.29 is 9.47 Å². The van der Waals surface area contributed by atoms with Crippen LogP contribution in [0.2, 0.25) is 0 Å². The fourth-order valence-electron chi connectivity index (χ4n) is 2.97. The van der Waals surface area contributed by atoms with Crippen molar-refractivity contribution in [2.75, 3.05) is 20.3 Å². The number of hydrazine groups is 1. The van der Waals surface area contributed by atoms with Gasteiger partial charge in [-0.3, -0.25) is 11.3 Å². The van der Waals surface area contributed by atoms with Gasteiger partial charge in [-0.25, -0.2) is 0 Å². The van der Waals surface area contributed by atoms with Crippen molar-refractivity contribution in [3.8, 4) is 0 Å². The normalized spacial score (nSPS) is 27.4. The quantitative estimate of drug-likeness (QED) is 0.548. The second kappa shape index (κ2) is 5.45. The van der Waals surface area contributed by atoms with E-state index in [9.17, 15) is 0 Å². The molecule has 2 rings (SSSR count). The smallest absolute Gasteiger partial charge is 0.0844 e. The average Bonchev–Trinajstić information content (AvgIpc) is 2.28. The van der Waals surface area contributed by atoms with Crippen LogP contribution in [0.4, 0.5) is 0 Å². The lowest BCUT2D eigenvalue weighted by Crippen LogP contribution is -2.59. The van der Waals surface area contributed by atoms with Gasteiger partial charge in [-0.1, -0.05) is 0 Å². The number of hydrogen-bond donors (Lipinski definition) is 2. The zero-order valence-corrected chi connectivity index (χ0v) is 10.2. The van der Waals surface area contributed by atoms with Crippen LogP contribution in [0.25, 0.3) is 0 Å². The molecule has 1 unspecified atom stereocenters. The summed E-state index contributed by atoms with van der Waals surface area (Å²) in [4.78, 5) is 0. The Morgan fingerprint density at radius 1 is 1.44 bits per heavy atom. The van der Waals surface area contributed by atoms with Crippen LogP contribution in [-0.4, -0.2) is 32.0 Å². The summed E-state index contributed by atoms with van der Waals surface area (Å²) in [5, 5.41) is 0. The third-order valence-corrected chi connectivity index (χ3v) is 4.35. The Kier molecular flexibility index (Phi) is 4.19. The summed E-state index contributed by atoms with van der Waals surface area (Å²) < 4.78 is 11.1. The molecule has 1 saturated heterocycles. The number of rotatable bonds is 5. The van der Waals surface area contributed by atoms with E-state index in [0.717, 1.165) is 51.2 Å². The van der Waals surface area contributed by atoms with Crippen molar-refractivity contribution in [1.82, 2.24) is 5.43 Å². The van der Waals surface area contributed by atoms with Crippen LogP contribution in [-0.2, 0) is 9.47 Å². The molecule has 1 saturated carbocycles. The summed E-state index contributed by atoms with van der Waals surface area (Å²) in [6.07, 6.45) is 6.99. The minimum atomic E-state index is 0.00700. The first-order chi connectivity index (χ1) is 7.80. The van der Waals surface area contributed by atoms with Crippen molar-refractivity contribution in [3.63, 3.8) is 0 Å². The van der Waals surface area contributed by atoms with Gasteiger partial charge >= 0.3 is 0 Å². The van der Waals surface area contributed by atoms with Gasteiger partial charge in [0.25, 0.3) is 0 Å². The van der Waals surface area contributed by atoms with Gasteiger partial charge in [0.1, 0.15) is 0 Å². The third kappa shape index (κ3) is 2.40. The molecule has 0 aromatic rings. The second-order valence-corrected chi connectivity index (χ2v) is 5.13. The molecule has 4 nitrogen and oxygen atoms in total. The van der Waals surface area contributed by atoms with Gasteiger partial charge < -0.3 is 9.47 Å². The van der Waals surface area contributed by atoms with Crippen LogP contribution >= 0.6 is 0 Å². The maximum Gasteiger partial charge on any atom is 0.0844 e. The van der Waals surface area contributed by atoms with E-state index in [4.69, 9.17) is 15.3 Å². The molecule has 1 aliphatic carbocycles. The van der Waals surface area contributed by atoms with E-state index in [2.05, 4.69) is 5.43 Å². The molecular weight excluding hydrogens is 204 g/mol. The minimum absolute atomic E-state index is 0.00700. The Labute approximate surface area is 97.8 Å². The van der Waals surface area contributed by atoms with E-state index in [0.29, 0.717) is 6.04 Å². The summed E-state index contributed by atoms with van der Waals surface area (Å²) >= 11 is 0. The van der Waals surface area contributed by atoms with Crippen LogP contribution in [0, 0.1) is 5.92 Å². The zero-order valence-electron chi connectivity index (χ0n) is 10.2. The standard InChI is InChI=1S/C12H24N2O2/c1-15-12(5-2-6-12)11(14-13)9-10-3-7-16-8-4-10/h10-11,14H,2-9,13H2,1H3. The number of nitrogens with two attached hydrogens (primary N) is 1. The minimum Gasteiger partial charge on any atom is -0.381 e. The first-order valence-electron chi connectivity index (χ1n) is 6.40. The lowest BCUT2D eigenvalue weighted by molar-refractivity contribution is -0.105. The highest BCUT2D eigenvalue weighted by atomic mass is 16.5. The Balaban J connectivity index is 1.88. The highest BCUT2D eigenvalue weighted by molar-refractivity contribution is 4.99. The molecule has 3 N–H and O–H groups in total. The molecule has 16 heavy (non-hydrogen) atoms. The van der Waals surface area contributed by atoms with Crippen molar-refractivity contribution in [2.24, 2.45) is 11.8 Å². The molecular formula is C12H24N2O2. The van der Waals surface area contributed by atoms with Crippen LogP contribution in [0.5, 0.6) is 0 Å². The zero-order chi connectivity index (χ0) is 11.4. The van der Waals surface area contributed by atoms with E-state index in [1.54, 1.807) is 0 Å². The number of nitrogens with one attached hydrogen (secondary N) is 1. The Morgan fingerprint density at radius 2 is 2.12 bits per heavy atom. The molecule has 1 atom stereocenters. The van der Waals surface area contributed by atoms with E-state index in [-0.39, 0.29) is 5.60 Å². The Bertz CT molecular complexity index is 208. The monoisotopic (exact) mass is 228 g/mol. The van der Waals surface area contributed by atoms with Gasteiger partial charge in [-0.05, 0) is 44.4 Å². The molecule has 0 amide bonds. The van der Waals surface area contributed by atoms with Gasteiger partial charge in [0.15, 0.2) is 0 Å². The molecule has 0 bridgehead atoms. The largest absolute Gasteiger partial charge is 0.381 e. The molecule has 2 aliphatic rings. The Morgan fingerprint density at radius 3 is 2.56 bits per heavy atom. The molecule has 0 aromatic heterocycles. The SMILES string of the molecule is COC1(C(CC2CCOCC2)NN)CCC1. The molecule has 0 spiro atoms. The van der Waals surface area contributed by atoms with Gasteiger partial charge in [-0.2, -0.15) is 0 Å². The first kappa shape index (κ1) is 12.3. The number of ether oxygens (including phenoxy) is 2. The lowest BCUT2D eigenvalue weighted by Gasteiger charge is -2.47. The van der Waals surface area contributed by atoms with E-state index >= 15 is 0 Å². The maximum absolute atomic E-state index is 5.70.